The molecule has 7 heteroatoms. The first-order chi connectivity index (χ1) is 6.36. The normalized spacial score (nSPS) is 10.6. The van der Waals surface area contributed by atoms with Gasteiger partial charge in [0.1, 0.15) is 15.9 Å². The van der Waals surface area contributed by atoms with Crippen LogP contribution in [0.1, 0.15) is 5.56 Å². The maximum Gasteiger partial charge on any atom is 1.00 e. The topological polar surface area (TPSA) is 92.5 Å². The summed E-state index contributed by atoms with van der Waals surface area (Å²) in [5, 5.41) is 0. The molecule has 15 heavy (non-hydrogen) atoms. The van der Waals surface area contributed by atoms with E-state index in [4.69, 9.17) is 10.5 Å². The summed E-state index contributed by atoms with van der Waals surface area (Å²) in [4.78, 5) is -0.302. The van der Waals surface area contributed by atoms with Crippen molar-refractivity contribution in [1.82, 2.24) is 0 Å². The molecule has 0 aromatic heterocycles. The number of hydrogen-bond donors (Lipinski definition) is 1. The molecule has 1 aromatic carbocycles. The molecule has 0 spiro atoms. The maximum atomic E-state index is 10.8. The third kappa shape index (κ3) is 3.14. The van der Waals surface area contributed by atoms with E-state index in [0.29, 0.717) is 11.3 Å². The predicted octanol–water partition coefficient (Wildman–Crippen LogP) is -2.51. The Hall–Kier alpha value is -0.673. The molecule has 0 atom stereocenters. The summed E-state index contributed by atoms with van der Waals surface area (Å²) in [7, 11) is -3.12. The minimum atomic E-state index is -4.47. The van der Waals surface area contributed by atoms with Crippen LogP contribution in [-0.4, -0.2) is 20.1 Å². The molecular formula is C8H10LiNO4S. The molecule has 1 rings (SSSR count). The number of aryl methyl sites for hydroxylation is 1. The molecule has 0 saturated heterocycles. The second kappa shape index (κ2) is 4.90. The number of ether oxygens (including phenoxy) is 1. The van der Waals surface area contributed by atoms with Crippen LogP contribution in [0.5, 0.6) is 5.75 Å². The van der Waals surface area contributed by atoms with Gasteiger partial charge < -0.3 is 15.0 Å². The van der Waals surface area contributed by atoms with Crippen LogP contribution in [0.3, 0.4) is 0 Å². The third-order valence-electron chi connectivity index (χ3n) is 1.80. The minimum absolute atomic E-state index is 0. The third-order valence-corrected chi connectivity index (χ3v) is 2.78. The van der Waals surface area contributed by atoms with Crippen LogP contribution in [0.15, 0.2) is 17.0 Å². The second-order valence-electron chi connectivity index (χ2n) is 2.81. The molecule has 0 aliphatic heterocycles. The molecule has 0 unspecified atom stereocenters. The van der Waals surface area contributed by atoms with E-state index in [-0.39, 0.29) is 29.5 Å². The Morgan fingerprint density at radius 2 is 1.93 bits per heavy atom. The van der Waals surface area contributed by atoms with Gasteiger partial charge in [0.15, 0.2) is 0 Å². The fourth-order valence-corrected chi connectivity index (χ4v) is 1.84. The van der Waals surface area contributed by atoms with Gasteiger partial charge in [0, 0.05) is 6.07 Å². The van der Waals surface area contributed by atoms with Crippen LogP contribution < -0.4 is 29.3 Å². The predicted molar refractivity (Wildman–Crippen MR) is 50.1 cm³/mol. The quantitative estimate of drug-likeness (QED) is 0.340. The summed E-state index contributed by atoms with van der Waals surface area (Å²) in [6.07, 6.45) is 0. The van der Waals surface area contributed by atoms with Crippen molar-refractivity contribution in [3.8, 4) is 5.75 Å². The standard InChI is InChI=1S/C8H11NO4S.Li/c1-5-3-6(9)7(13-2)4-8(5)14(10,11)12;/h3-4H,9H2,1-2H3,(H,10,11,12);/q;+1/p-1. The zero-order chi connectivity index (χ0) is 10.9. The second-order valence-corrected chi connectivity index (χ2v) is 4.16. The molecule has 0 amide bonds. The number of rotatable bonds is 2. The minimum Gasteiger partial charge on any atom is -0.744 e. The molecule has 0 radical (unpaired) electrons. The number of benzene rings is 1. The molecular weight excluding hydrogens is 213 g/mol. The van der Waals surface area contributed by atoms with Crippen molar-refractivity contribution in [2.45, 2.75) is 11.8 Å². The molecule has 1 aromatic rings. The Labute approximate surface area is 101 Å². The molecule has 0 heterocycles. The van der Waals surface area contributed by atoms with Crippen LogP contribution in [-0.2, 0) is 10.1 Å². The SMILES string of the molecule is COc1cc(S(=O)(=O)[O-])c(C)cc1N.[Li+]. The Morgan fingerprint density at radius 3 is 2.33 bits per heavy atom. The smallest absolute Gasteiger partial charge is 0.744 e. The van der Waals surface area contributed by atoms with Crippen LogP contribution in [0, 0.1) is 6.92 Å². The Kier molecular flexibility index (Phi) is 4.68. The molecule has 0 saturated carbocycles. The van der Waals surface area contributed by atoms with Gasteiger partial charge in [-0.05, 0) is 18.6 Å². The molecule has 2 N–H and O–H groups in total. The van der Waals surface area contributed by atoms with Gasteiger partial charge in [-0.15, -0.1) is 0 Å². The van der Waals surface area contributed by atoms with Crippen molar-refractivity contribution < 1.29 is 36.6 Å². The van der Waals surface area contributed by atoms with E-state index in [0.717, 1.165) is 6.07 Å². The first kappa shape index (κ1) is 14.3. The van der Waals surface area contributed by atoms with E-state index in [2.05, 4.69) is 0 Å². The summed E-state index contributed by atoms with van der Waals surface area (Å²) in [6, 6.07) is 2.52. The molecule has 78 valence electrons. The van der Waals surface area contributed by atoms with Gasteiger partial charge in [-0.3, -0.25) is 0 Å². The van der Waals surface area contributed by atoms with Crippen LogP contribution >= 0.6 is 0 Å². The summed E-state index contributed by atoms with van der Waals surface area (Å²) in [6.45, 7) is 1.50. The largest absolute Gasteiger partial charge is 1.00 e. The van der Waals surface area contributed by atoms with Crippen molar-refractivity contribution in [3.63, 3.8) is 0 Å². The van der Waals surface area contributed by atoms with Crippen molar-refractivity contribution in [3.05, 3.63) is 17.7 Å². The van der Waals surface area contributed by atoms with E-state index in [1.54, 1.807) is 0 Å². The van der Waals surface area contributed by atoms with Crippen LogP contribution in [0.25, 0.3) is 0 Å². The van der Waals surface area contributed by atoms with Crippen molar-refractivity contribution >= 4 is 15.8 Å². The van der Waals surface area contributed by atoms with Gasteiger partial charge in [-0.2, -0.15) is 0 Å². The average Bonchev–Trinajstić information content (AvgIpc) is 2.02. The van der Waals surface area contributed by atoms with Gasteiger partial charge in [0.05, 0.1) is 17.7 Å². The maximum absolute atomic E-state index is 10.8. The van der Waals surface area contributed by atoms with E-state index in [1.165, 1.54) is 20.1 Å². The average molecular weight is 223 g/mol. The Bertz CT molecular complexity index is 458. The molecule has 0 fully saturated rings. The van der Waals surface area contributed by atoms with Crippen molar-refractivity contribution in [2.75, 3.05) is 12.8 Å². The number of hydrogen-bond acceptors (Lipinski definition) is 5. The molecule has 5 nitrogen and oxygen atoms in total. The first-order valence-corrected chi connectivity index (χ1v) is 5.17. The van der Waals surface area contributed by atoms with Crippen LogP contribution in [0.4, 0.5) is 5.69 Å². The number of nitrogen functional groups attached to an aromatic ring is 1. The Balaban J connectivity index is 0.00000196. The zero-order valence-corrected chi connectivity index (χ0v) is 9.59. The fourth-order valence-electron chi connectivity index (χ4n) is 1.14. The van der Waals surface area contributed by atoms with E-state index >= 15 is 0 Å². The number of methoxy groups -OCH3 is 1. The van der Waals surface area contributed by atoms with Gasteiger partial charge in [0.2, 0.25) is 0 Å². The summed E-state index contributed by atoms with van der Waals surface area (Å²) in [5.41, 5.74) is 6.14. The summed E-state index contributed by atoms with van der Waals surface area (Å²) >= 11 is 0. The first-order valence-electron chi connectivity index (χ1n) is 3.76. The van der Waals surface area contributed by atoms with Gasteiger partial charge in [0.25, 0.3) is 0 Å². The monoisotopic (exact) mass is 223 g/mol. The van der Waals surface area contributed by atoms with E-state index < -0.39 is 10.1 Å². The summed E-state index contributed by atoms with van der Waals surface area (Å²) in [5.74, 6) is 0.185. The van der Waals surface area contributed by atoms with Gasteiger partial charge in [-0.1, -0.05) is 0 Å². The molecule has 0 aliphatic rings. The number of anilines is 1. The van der Waals surface area contributed by atoms with Crippen molar-refractivity contribution in [1.29, 1.82) is 0 Å². The van der Waals surface area contributed by atoms with E-state index in [1.807, 2.05) is 0 Å². The zero-order valence-electron chi connectivity index (χ0n) is 8.77. The molecule has 0 bridgehead atoms. The van der Waals surface area contributed by atoms with E-state index in [9.17, 15) is 13.0 Å². The van der Waals surface area contributed by atoms with Crippen LogP contribution in [0.2, 0.25) is 0 Å². The summed E-state index contributed by atoms with van der Waals surface area (Å²) < 4.78 is 37.2. The van der Waals surface area contributed by atoms with Gasteiger partial charge >= 0.3 is 18.9 Å². The Morgan fingerprint density at radius 1 is 1.40 bits per heavy atom. The van der Waals surface area contributed by atoms with Gasteiger partial charge in [-0.25, -0.2) is 8.42 Å². The molecule has 0 aliphatic carbocycles. The number of nitrogens with two attached hydrogens (primary N) is 1. The fraction of sp³-hybridized carbons (Fsp3) is 0.250. The van der Waals surface area contributed by atoms with Crippen molar-refractivity contribution in [2.24, 2.45) is 0 Å².